The lowest BCUT2D eigenvalue weighted by atomic mass is 10.2. The standard InChI is InChI=1S/C14H14N4O4/c1-17(2)13-7-6-12(22-13)9-15-16-14(19)10-4-3-5-11(8-10)18(20)21/h3-9H,1-2H3,(H,16,19)/b15-9+. The number of nitro groups is 1. The molecule has 8 heteroatoms. The molecule has 1 aromatic heterocycles. The topological polar surface area (TPSA) is 101 Å². The zero-order chi connectivity index (χ0) is 16.1. The van der Waals surface area contributed by atoms with Gasteiger partial charge in [-0.05, 0) is 12.1 Å². The highest BCUT2D eigenvalue weighted by molar-refractivity contribution is 5.95. The summed E-state index contributed by atoms with van der Waals surface area (Å²) < 4.78 is 5.42. The quantitative estimate of drug-likeness (QED) is 0.517. The summed E-state index contributed by atoms with van der Waals surface area (Å²) in [4.78, 5) is 23.7. The zero-order valence-electron chi connectivity index (χ0n) is 12.0. The van der Waals surface area contributed by atoms with Gasteiger partial charge in [0, 0.05) is 37.9 Å². The molecule has 0 fully saturated rings. The number of hydrogen-bond donors (Lipinski definition) is 1. The Kier molecular flexibility index (Phi) is 4.52. The van der Waals surface area contributed by atoms with E-state index < -0.39 is 10.8 Å². The number of carbonyl (C=O) groups excluding carboxylic acids is 1. The second-order valence-corrected chi connectivity index (χ2v) is 4.58. The first kappa shape index (κ1) is 15.2. The SMILES string of the molecule is CN(C)c1ccc(/C=N/NC(=O)c2cccc([N+](=O)[O-])c2)o1. The summed E-state index contributed by atoms with van der Waals surface area (Å²) in [6, 6.07) is 8.87. The number of nitrogens with zero attached hydrogens (tertiary/aromatic N) is 3. The monoisotopic (exact) mass is 302 g/mol. The Morgan fingerprint density at radius 3 is 2.77 bits per heavy atom. The number of amides is 1. The van der Waals surface area contributed by atoms with Crippen molar-refractivity contribution in [2.24, 2.45) is 5.10 Å². The van der Waals surface area contributed by atoms with Crippen molar-refractivity contribution < 1.29 is 14.1 Å². The molecule has 1 aromatic carbocycles. The third-order valence-corrected chi connectivity index (χ3v) is 2.73. The van der Waals surface area contributed by atoms with E-state index in [0.717, 1.165) is 0 Å². The Labute approximate surface area is 126 Å². The fraction of sp³-hybridized carbons (Fsp3) is 0.143. The van der Waals surface area contributed by atoms with Crippen LogP contribution >= 0.6 is 0 Å². The van der Waals surface area contributed by atoms with Crippen molar-refractivity contribution in [2.75, 3.05) is 19.0 Å². The van der Waals surface area contributed by atoms with Crippen LogP contribution in [0.4, 0.5) is 11.6 Å². The van der Waals surface area contributed by atoms with E-state index in [1.807, 2.05) is 14.1 Å². The highest BCUT2D eigenvalue weighted by Gasteiger charge is 2.10. The highest BCUT2D eigenvalue weighted by atomic mass is 16.6. The molecule has 1 amide bonds. The van der Waals surface area contributed by atoms with Crippen LogP contribution in [0.5, 0.6) is 0 Å². The maximum Gasteiger partial charge on any atom is 0.271 e. The number of carbonyl (C=O) groups is 1. The number of anilines is 1. The predicted molar refractivity (Wildman–Crippen MR) is 81.2 cm³/mol. The van der Waals surface area contributed by atoms with E-state index in [1.54, 1.807) is 17.0 Å². The van der Waals surface area contributed by atoms with Crippen LogP contribution in [0.3, 0.4) is 0 Å². The third-order valence-electron chi connectivity index (χ3n) is 2.73. The minimum absolute atomic E-state index is 0.153. The van der Waals surface area contributed by atoms with E-state index in [9.17, 15) is 14.9 Å². The molecule has 114 valence electrons. The molecule has 0 aliphatic carbocycles. The van der Waals surface area contributed by atoms with Crippen molar-refractivity contribution in [1.29, 1.82) is 0 Å². The zero-order valence-corrected chi connectivity index (χ0v) is 12.0. The van der Waals surface area contributed by atoms with Crippen LogP contribution < -0.4 is 10.3 Å². The molecule has 0 bridgehead atoms. The van der Waals surface area contributed by atoms with Gasteiger partial charge in [0.05, 0.1) is 11.1 Å². The highest BCUT2D eigenvalue weighted by Crippen LogP contribution is 2.14. The van der Waals surface area contributed by atoms with Gasteiger partial charge in [-0.3, -0.25) is 14.9 Å². The van der Waals surface area contributed by atoms with Gasteiger partial charge in [-0.25, -0.2) is 5.43 Å². The molecule has 0 saturated heterocycles. The van der Waals surface area contributed by atoms with E-state index in [4.69, 9.17) is 4.42 Å². The number of nitro benzene ring substituents is 1. The van der Waals surface area contributed by atoms with Gasteiger partial charge in [0.15, 0.2) is 5.88 Å². The number of nitrogens with one attached hydrogen (secondary N) is 1. The van der Waals surface area contributed by atoms with Gasteiger partial charge in [0.1, 0.15) is 5.76 Å². The number of rotatable bonds is 5. The summed E-state index contributed by atoms with van der Waals surface area (Å²) >= 11 is 0. The molecule has 2 rings (SSSR count). The largest absolute Gasteiger partial charge is 0.440 e. The summed E-state index contributed by atoms with van der Waals surface area (Å²) in [5.41, 5.74) is 2.28. The van der Waals surface area contributed by atoms with Crippen LogP contribution in [0.1, 0.15) is 16.1 Å². The number of hydrazone groups is 1. The molecule has 0 saturated carbocycles. The van der Waals surface area contributed by atoms with Gasteiger partial charge < -0.3 is 9.32 Å². The smallest absolute Gasteiger partial charge is 0.271 e. The van der Waals surface area contributed by atoms with Crippen molar-refractivity contribution in [2.45, 2.75) is 0 Å². The summed E-state index contributed by atoms with van der Waals surface area (Å²) in [6.45, 7) is 0. The van der Waals surface area contributed by atoms with Gasteiger partial charge in [-0.15, -0.1) is 0 Å². The van der Waals surface area contributed by atoms with Gasteiger partial charge in [-0.1, -0.05) is 6.07 Å². The Hall–Kier alpha value is -3.16. The van der Waals surface area contributed by atoms with E-state index in [0.29, 0.717) is 11.6 Å². The fourth-order valence-corrected chi connectivity index (χ4v) is 1.63. The van der Waals surface area contributed by atoms with E-state index in [1.165, 1.54) is 30.5 Å². The maximum absolute atomic E-state index is 11.8. The molecule has 0 radical (unpaired) electrons. The molecule has 1 heterocycles. The molecular formula is C14H14N4O4. The summed E-state index contributed by atoms with van der Waals surface area (Å²) in [7, 11) is 3.67. The van der Waals surface area contributed by atoms with Crippen LogP contribution in [-0.2, 0) is 0 Å². The van der Waals surface area contributed by atoms with Crippen molar-refractivity contribution in [3.8, 4) is 0 Å². The first-order valence-electron chi connectivity index (χ1n) is 6.32. The van der Waals surface area contributed by atoms with Crippen molar-refractivity contribution in [3.63, 3.8) is 0 Å². The van der Waals surface area contributed by atoms with Crippen molar-refractivity contribution in [1.82, 2.24) is 5.43 Å². The normalized spacial score (nSPS) is 10.6. The molecule has 0 atom stereocenters. The minimum Gasteiger partial charge on any atom is -0.440 e. The Morgan fingerprint density at radius 2 is 2.14 bits per heavy atom. The van der Waals surface area contributed by atoms with E-state index in [2.05, 4.69) is 10.5 Å². The molecule has 0 spiro atoms. The Morgan fingerprint density at radius 1 is 1.36 bits per heavy atom. The second kappa shape index (κ2) is 6.53. The van der Waals surface area contributed by atoms with Gasteiger partial charge in [0.2, 0.25) is 0 Å². The first-order chi connectivity index (χ1) is 10.5. The van der Waals surface area contributed by atoms with Gasteiger partial charge in [-0.2, -0.15) is 5.10 Å². The average molecular weight is 302 g/mol. The lowest BCUT2D eigenvalue weighted by Gasteiger charge is -2.05. The number of non-ortho nitro benzene ring substituents is 1. The van der Waals surface area contributed by atoms with Crippen LogP contribution in [0, 0.1) is 10.1 Å². The fourth-order valence-electron chi connectivity index (χ4n) is 1.63. The van der Waals surface area contributed by atoms with Crippen molar-refractivity contribution in [3.05, 3.63) is 57.8 Å². The van der Waals surface area contributed by atoms with Gasteiger partial charge >= 0.3 is 0 Å². The van der Waals surface area contributed by atoms with Gasteiger partial charge in [0.25, 0.3) is 11.6 Å². The number of furan rings is 1. The van der Waals surface area contributed by atoms with Crippen LogP contribution in [0.25, 0.3) is 0 Å². The molecule has 2 aromatic rings. The van der Waals surface area contributed by atoms with E-state index >= 15 is 0 Å². The number of benzene rings is 1. The lowest BCUT2D eigenvalue weighted by Crippen LogP contribution is -2.17. The molecular weight excluding hydrogens is 288 g/mol. The molecule has 22 heavy (non-hydrogen) atoms. The predicted octanol–water partition coefficient (Wildman–Crippen LogP) is 2.02. The van der Waals surface area contributed by atoms with Crippen LogP contribution in [0.2, 0.25) is 0 Å². The molecule has 1 N–H and O–H groups in total. The Bertz CT molecular complexity index is 721. The minimum atomic E-state index is -0.564. The van der Waals surface area contributed by atoms with Crippen molar-refractivity contribution >= 4 is 23.7 Å². The Balaban J connectivity index is 2.01. The lowest BCUT2D eigenvalue weighted by molar-refractivity contribution is -0.384. The second-order valence-electron chi connectivity index (χ2n) is 4.58. The third kappa shape index (κ3) is 3.69. The molecule has 0 aliphatic heterocycles. The number of hydrogen-bond acceptors (Lipinski definition) is 6. The molecule has 8 nitrogen and oxygen atoms in total. The average Bonchev–Trinajstić information content (AvgIpc) is 2.96. The molecule has 0 unspecified atom stereocenters. The summed E-state index contributed by atoms with van der Waals surface area (Å²) in [5, 5.41) is 14.4. The first-order valence-corrected chi connectivity index (χ1v) is 6.32. The summed E-state index contributed by atoms with van der Waals surface area (Å²) in [6.07, 6.45) is 1.35. The van der Waals surface area contributed by atoms with Crippen LogP contribution in [-0.4, -0.2) is 31.1 Å². The summed E-state index contributed by atoms with van der Waals surface area (Å²) in [5.74, 6) is 0.592. The van der Waals surface area contributed by atoms with Crippen LogP contribution in [0.15, 0.2) is 45.9 Å². The maximum atomic E-state index is 11.8. The van der Waals surface area contributed by atoms with E-state index in [-0.39, 0.29) is 11.3 Å². The molecule has 0 aliphatic rings.